The van der Waals surface area contributed by atoms with Crippen LogP contribution < -0.4 is 9.47 Å². The third-order valence-electron chi connectivity index (χ3n) is 6.39. The normalized spacial score (nSPS) is 16.5. The van der Waals surface area contributed by atoms with E-state index in [1.807, 2.05) is 24.4 Å². The van der Waals surface area contributed by atoms with E-state index in [1.54, 1.807) is 14.2 Å². The molecule has 0 radical (unpaired) electrons. The Morgan fingerprint density at radius 2 is 1.97 bits per heavy atom. The van der Waals surface area contributed by atoms with Crippen molar-refractivity contribution in [3.05, 3.63) is 78.0 Å². The molecular weight excluding hydrogens is 400 g/mol. The molecule has 0 aliphatic carbocycles. The molecule has 5 rings (SSSR count). The van der Waals surface area contributed by atoms with Crippen molar-refractivity contribution in [1.29, 1.82) is 0 Å². The van der Waals surface area contributed by atoms with E-state index in [9.17, 15) is 0 Å². The first kappa shape index (κ1) is 20.5. The summed E-state index contributed by atoms with van der Waals surface area (Å²) in [7, 11) is 3.34. The summed E-state index contributed by atoms with van der Waals surface area (Å²) in [4.78, 5) is 12.0. The van der Waals surface area contributed by atoms with Gasteiger partial charge >= 0.3 is 0 Å². The first-order chi connectivity index (χ1) is 15.7. The number of methoxy groups -OCH3 is 2. The van der Waals surface area contributed by atoms with Crippen LogP contribution in [0.15, 0.2) is 60.9 Å². The fraction of sp³-hybridized carbons (Fsp3) is 0.308. The SMILES string of the molecule is COc1ccc(-c2cc([C@@H]3CCN(Cc4nc(C)n5ccccc45)C3)ccn2)c(OC)c1. The van der Waals surface area contributed by atoms with Crippen molar-refractivity contribution in [3.8, 4) is 22.8 Å². The van der Waals surface area contributed by atoms with Crippen LogP contribution in [0, 0.1) is 6.92 Å². The topological polar surface area (TPSA) is 51.9 Å². The van der Waals surface area contributed by atoms with Gasteiger partial charge in [-0.1, -0.05) is 6.07 Å². The van der Waals surface area contributed by atoms with Gasteiger partial charge in [0.25, 0.3) is 0 Å². The molecule has 1 aliphatic rings. The molecular formula is C26H28N4O2. The van der Waals surface area contributed by atoms with Crippen LogP contribution >= 0.6 is 0 Å². The Morgan fingerprint density at radius 3 is 2.81 bits per heavy atom. The highest BCUT2D eigenvalue weighted by atomic mass is 16.5. The van der Waals surface area contributed by atoms with Gasteiger partial charge in [0.2, 0.25) is 0 Å². The van der Waals surface area contributed by atoms with Crippen molar-refractivity contribution < 1.29 is 9.47 Å². The van der Waals surface area contributed by atoms with Gasteiger partial charge in [0.1, 0.15) is 17.3 Å². The van der Waals surface area contributed by atoms with Crippen LogP contribution in [0.25, 0.3) is 16.8 Å². The van der Waals surface area contributed by atoms with Crippen LogP contribution in [0.3, 0.4) is 0 Å². The highest BCUT2D eigenvalue weighted by Crippen LogP contribution is 2.35. The van der Waals surface area contributed by atoms with Gasteiger partial charge < -0.3 is 13.9 Å². The molecule has 4 aromatic rings. The van der Waals surface area contributed by atoms with Crippen molar-refractivity contribution in [2.75, 3.05) is 27.3 Å². The summed E-state index contributed by atoms with van der Waals surface area (Å²) < 4.78 is 13.1. The number of fused-ring (bicyclic) bond motifs is 1. The van der Waals surface area contributed by atoms with Crippen molar-refractivity contribution in [3.63, 3.8) is 0 Å². The lowest BCUT2D eigenvalue weighted by Gasteiger charge is -2.16. The lowest BCUT2D eigenvalue weighted by atomic mass is 9.97. The Morgan fingerprint density at radius 1 is 1.06 bits per heavy atom. The maximum atomic E-state index is 5.59. The van der Waals surface area contributed by atoms with E-state index in [2.05, 4.69) is 57.7 Å². The Labute approximate surface area is 188 Å². The number of likely N-dealkylation sites (tertiary alicyclic amines) is 1. The quantitative estimate of drug-likeness (QED) is 0.445. The molecule has 6 nitrogen and oxygen atoms in total. The second kappa shape index (κ2) is 8.63. The molecule has 0 amide bonds. The molecule has 1 atom stereocenters. The van der Waals surface area contributed by atoms with Gasteiger partial charge in [-0.3, -0.25) is 9.88 Å². The second-order valence-electron chi connectivity index (χ2n) is 8.32. The zero-order valence-corrected chi connectivity index (χ0v) is 18.8. The minimum absolute atomic E-state index is 0.482. The summed E-state index contributed by atoms with van der Waals surface area (Å²) in [5.74, 6) is 3.06. The summed E-state index contributed by atoms with van der Waals surface area (Å²) in [5.41, 5.74) is 5.58. The molecule has 1 saturated heterocycles. The van der Waals surface area contributed by atoms with Gasteiger partial charge in [-0.25, -0.2) is 4.98 Å². The minimum Gasteiger partial charge on any atom is -0.497 e. The molecule has 32 heavy (non-hydrogen) atoms. The van der Waals surface area contributed by atoms with Gasteiger partial charge in [0.15, 0.2) is 0 Å². The van der Waals surface area contributed by atoms with E-state index in [1.165, 1.54) is 11.1 Å². The third-order valence-corrected chi connectivity index (χ3v) is 6.39. The average molecular weight is 429 g/mol. The molecule has 164 valence electrons. The molecule has 1 aliphatic heterocycles. The number of rotatable bonds is 6. The third kappa shape index (κ3) is 3.82. The standard InChI is InChI=1S/C26H28N4O2/c1-18-28-24(25-6-4-5-12-30(18)25)17-29-13-10-20(16-29)19-9-11-27-23(14-19)22-8-7-21(31-2)15-26(22)32-3/h4-9,11-12,14-15,20H,10,13,16-17H2,1-3H3/t20-/m1/s1. The number of aromatic nitrogens is 3. The molecule has 0 N–H and O–H groups in total. The fourth-order valence-electron chi connectivity index (χ4n) is 4.70. The van der Waals surface area contributed by atoms with E-state index in [4.69, 9.17) is 14.5 Å². The van der Waals surface area contributed by atoms with Crippen LogP contribution in [0.5, 0.6) is 11.5 Å². The number of imidazole rings is 1. The second-order valence-corrected chi connectivity index (χ2v) is 8.32. The Balaban J connectivity index is 1.35. The number of aryl methyl sites for hydroxylation is 1. The van der Waals surface area contributed by atoms with Crippen molar-refractivity contribution in [1.82, 2.24) is 19.3 Å². The van der Waals surface area contributed by atoms with E-state index < -0.39 is 0 Å². The zero-order chi connectivity index (χ0) is 22.1. The van der Waals surface area contributed by atoms with Crippen molar-refractivity contribution >= 4 is 5.52 Å². The number of hydrogen-bond donors (Lipinski definition) is 0. The lowest BCUT2D eigenvalue weighted by Crippen LogP contribution is -2.20. The molecule has 0 saturated carbocycles. The van der Waals surface area contributed by atoms with E-state index in [0.717, 1.165) is 60.3 Å². The highest BCUT2D eigenvalue weighted by Gasteiger charge is 2.25. The summed E-state index contributed by atoms with van der Waals surface area (Å²) >= 11 is 0. The molecule has 6 heteroatoms. The Bertz CT molecular complexity index is 1250. The molecule has 0 bridgehead atoms. The van der Waals surface area contributed by atoms with Gasteiger partial charge in [0, 0.05) is 37.1 Å². The monoisotopic (exact) mass is 428 g/mol. The summed E-state index contributed by atoms with van der Waals surface area (Å²) in [5, 5.41) is 0. The van der Waals surface area contributed by atoms with Crippen LogP contribution in [-0.4, -0.2) is 46.6 Å². The van der Waals surface area contributed by atoms with Gasteiger partial charge in [-0.05, 0) is 67.8 Å². The lowest BCUT2D eigenvalue weighted by molar-refractivity contribution is 0.324. The van der Waals surface area contributed by atoms with Gasteiger partial charge in [0.05, 0.1) is 31.1 Å². The van der Waals surface area contributed by atoms with Crippen molar-refractivity contribution in [2.24, 2.45) is 0 Å². The smallest absolute Gasteiger partial charge is 0.131 e. The number of benzene rings is 1. The predicted octanol–water partition coefficient (Wildman–Crippen LogP) is 4.71. The number of ether oxygens (including phenoxy) is 2. The van der Waals surface area contributed by atoms with Crippen LogP contribution in [0.4, 0.5) is 0 Å². The maximum absolute atomic E-state index is 5.59. The average Bonchev–Trinajstić information content (AvgIpc) is 3.44. The summed E-state index contributed by atoms with van der Waals surface area (Å²) in [6.07, 6.45) is 5.12. The Kier molecular flexibility index (Phi) is 5.53. The number of nitrogens with zero attached hydrogens (tertiary/aromatic N) is 4. The van der Waals surface area contributed by atoms with Crippen LogP contribution in [-0.2, 0) is 6.54 Å². The molecule has 0 spiro atoms. The van der Waals surface area contributed by atoms with E-state index >= 15 is 0 Å². The fourth-order valence-corrected chi connectivity index (χ4v) is 4.70. The number of pyridine rings is 2. The summed E-state index contributed by atoms with van der Waals surface area (Å²) in [6.45, 7) is 5.03. The van der Waals surface area contributed by atoms with Crippen molar-refractivity contribution in [2.45, 2.75) is 25.8 Å². The van der Waals surface area contributed by atoms with E-state index in [-0.39, 0.29) is 0 Å². The molecule has 0 unspecified atom stereocenters. The largest absolute Gasteiger partial charge is 0.497 e. The maximum Gasteiger partial charge on any atom is 0.131 e. The minimum atomic E-state index is 0.482. The molecule has 3 aromatic heterocycles. The van der Waals surface area contributed by atoms with E-state index in [0.29, 0.717) is 5.92 Å². The predicted molar refractivity (Wildman–Crippen MR) is 125 cm³/mol. The Hall–Kier alpha value is -3.38. The zero-order valence-electron chi connectivity index (χ0n) is 18.8. The molecule has 4 heterocycles. The highest BCUT2D eigenvalue weighted by molar-refractivity contribution is 5.69. The van der Waals surface area contributed by atoms with Crippen LogP contribution in [0.2, 0.25) is 0 Å². The molecule has 1 aromatic carbocycles. The molecule has 1 fully saturated rings. The van der Waals surface area contributed by atoms with Crippen LogP contribution in [0.1, 0.15) is 29.4 Å². The summed E-state index contributed by atoms with van der Waals surface area (Å²) in [6, 6.07) is 16.5. The number of hydrogen-bond acceptors (Lipinski definition) is 5. The van der Waals surface area contributed by atoms with Gasteiger partial charge in [-0.15, -0.1) is 0 Å². The first-order valence-electron chi connectivity index (χ1n) is 11.0. The first-order valence-corrected chi connectivity index (χ1v) is 11.0. The van der Waals surface area contributed by atoms with Gasteiger partial charge in [-0.2, -0.15) is 0 Å².